The Bertz CT molecular complexity index is 298. The Labute approximate surface area is 150 Å². The summed E-state index contributed by atoms with van der Waals surface area (Å²) in [4.78, 5) is 22.1. The van der Waals surface area contributed by atoms with E-state index in [2.05, 4.69) is 38.8 Å². The Hall–Kier alpha value is -0.100. The van der Waals surface area contributed by atoms with Crippen molar-refractivity contribution in [2.45, 2.75) is 70.8 Å². The average molecular weight is 444 g/mol. The van der Waals surface area contributed by atoms with Gasteiger partial charge in [0.1, 0.15) is 16.8 Å². The summed E-state index contributed by atoms with van der Waals surface area (Å²) in [6.07, 6.45) is 9.85. The van der Waals surface area contributed by atoms with Crippen molar-refractivity contribution in [3.8, 4) is 0 Å². The van der Waals surface area contributed by atoms with Crippen LogP contribution in [0.5, 0.6) is 0 Å². The largest absolute Gasteiger partial charge is 0.465 e. The standard InChI is InChI=1S/C16H28Br2O4/c1-2-14(22-16(20)13-18)10-8-6-4-3-5-7-9-11-21-15(19)12-17/h14H,2-13H2,1H3. The highest BCUT2D eigenvalue weighted by molar-refractivity contribution is 9.09. The van der Waals surface area contributed by atoms with Crippen LogP contribution in [0.1, 0.15) is 64.7 Å². The van der Waals surface area contributed by atoms with E-state index in [0.717, 1.165) is 32.1 Å². The van der Waals surface area contributed by atoms with Crippen molar-refractivity contribution in [3.05, 3.63) is 0 Å². The van der Waals surface area contributed by atoms with Crippen LogP contribution in [0.25, 0.3) is 0 Å². The van der Waals surface area contributed by atoms with Crippen LogP contribution in [-0.2, 0) is 19.1 Å². The summed E-state index contributed by atoms with van der Waals surface area (Å²) in [5, 5.41) is 0.547. The van der Waals surface area contributed by atoms with Gasteiger partial charge in [0.25, 0.3) is 0 Å². The molecule has 0 N–H and O–H groups in total. The van der Waals surface area contributed by atoms with Crippen LogP contribution in [0.15, 0.2) is 0 Å². The van der Waals surface area contributed by atoms with E-state index in [0.29, 0.717) is 6.61 Å². The smallest absolute Gasteiger partial charge is 0.316 e. The second-order valence-electron chi connectivity index (χ2n) is 5.27. The van der Waals surface area contributed by atoms with Crippen molar-refractivity contribution in [1.82, 2.24) is 0 Å². The van der Waals surface area contributed by atoms with Crippen LogP contribution >= 0.6 is 31.9 Å². The minimum absolute atomic E-state index is 0.0640. The number of hydrogen-bond acceptors (Lipinski definition) is 4. The molecule has 0 aliphatic rings. The van der Waals surface area contributed by atoms with Gasteiger partial charge in [-0.2, -0.15) is 0 Å². The first kappa shape index (κ1) is 21.9. The molecule has 0 saturated heterocycles. The minimum Gasteiger partial charge on any atom is -0.465 e. The van der Waals surface area contributed by atoms with Crippen molar-refractivity contribution in [2.75, 3.05) is 17.3 Å². The van der Waals surface area contributed by atoms with Crippen LogP contribution in [-0.4, -0.2) is 35.3 Å². The third-order valence-electron chi connectivity index (χ3n) is 3.41. The van der Waals surface area contributed by atoms with Gasteiger partial charge in [-0.1, -0.05) is 70.9 Å². The van der Waals surface area contributed by atoms with Crippen molar-refractivity contribution >= 4 is 43.8 Å². The molecule has 0 rings (SSSR count). The molecule has 0 saturated carbocycles. The fourth-order valence-electron chi connectivity index (χ4n) is 2.15. The number of rotatable bonds is 14. The quantitative estimate of drug-likeness (QED) is 0.220. The van der Waals surface area contributed by atoms with Crippen LogP contribution < -0.4 is 0 Å². The molecule has 0 aliphatic heterocycles. The zero-order valence-electron chi connectivity index (χ0n) is 13.5. The van der Waals surface area contributed by atoms with Gasteiger partial charge in [-0.05, 0) is 25.7 Å². The highest BCUT2D eigenvalue weighted by Gasteiger charge is 2.10. The van der Waals surface area contributed by atoms with Gasteiger partial charge < -0.3 is 9.47 Å². The fourth-order valence-corrected chi connectivity index (χ4v) is 2.44. The molecule has 0 amide bonds. The molecule has 22 heavy (non-hydrogen) atoms. The summed E-state index contributed by atoms with van der Waals surface area (Å²) < 4.78 is 10.3. The van der Waals surface area contributed by atoms with E-state index in [1.165, 1.54) is 25.7 Å². The van der Waals surface area contributed by atoms with Gasteiger partial charge in [-0.15, -0.1) is 0 Å². The topological polar surface area (TPSA) is 52.6 Å². The van der Waals surface area contributed by atoms with Crippen molar-refractivity contribution in [3.63, 3.8) is 0 Å². The third-order valence-corrected chi connectivity index (χ3v) is 4.32. The van der Waals surface area contributed by atoms with Crippen molar-refractivity contribution < 1.29 is 19.1 Å². The number of halogens is 2. The highest BCUT2D eigenvalue weighted by atomic mass is 79.9. The number of carbonyl (C=O) groups excluding carboxylic acids is 2. The number of hydrogen-bond donors (Lipinski definition) is 0. The maximum atomic E-state index is 11.2. The maximum Gasteiger partial charge on any atom is 0.316 e. The molecule has 0 aromatic carbocycles. The van der Waals surface area contributed by atoms with Crippen LogP contribution in [0, 0.1) is 0 Å². The molecule has 0 fully saturated rings. The van der Waals surface area contributed by atoms with E-state index in [9.17, 15) is 9.59 Å². The maximum absolute atomic E-state index is 11.2. The van der Waals surface area contributed by atoms with Gasteiger partial charge in [0.05, 0.1) is 6.61 Å². The Morgan fingerprint density at radius 3 is 1.95 bits per heavy atom. The van der Waals surface area contributed by atoms with Crippen molar-refractivity contribution in [2.24, 2.45) is 0 Å². The van der Waals surface area contributed by atoms with Gasteiger partial charge in [0.2, 0.25) is 0 Å². The first-order valence-corrected chi connectivity index (χ1v) is 10.3. The summed E-state index contributed by atoms with van der Waals surface area (Å²) in [5.41, 5.74) is 0. The van der Waals surface area contributed by atoms with Gasteiger partial charge in [0, 0.05) is 0 Å². The molecular weight excluding hydrogens is 416 g/mol. The van der Waals surface area contributed by atoms with Gasteiger partial charge in [-0.25, -0.2) is 0 Å². The summed E-state index contributed by atoms with van der Waals surface area (Å²) in [6.45, 7) is 2.58. The monoisotopic (exact) mass is 442 g/mol. The van der Waals surface area contributed by atoms with Crippen LogP contribution in [0.4, 0.5) is 0 Å². The molecule has 6 heteroatoms. The molecule has 0 spiro atoms. The van der Waals surface area contributed by atoms with E-state index in [1.807, 2.05) is 0 Å². The normalized spacial score (nSPS) is 12.0. The zero-order valence-corrected chi connectivity index (χ0v) is 16.6. The van der Waals surface area contributed by atoms with Crippen LogP contribution in [0.3, 0.4) is 0 Å². The lowest BCUT2D eigenvalue weighted by Gasteiger charge is -2.15. The number of alkyl halides is 2. The third kappa shape index (κ3) is 13.6. The molecule has 4 nitrogen and oxygen atoms in total. The number of carbonyl (C=O) groups is 2. The van der Waals surface area contributed by atoms with E-state index < -0.39 is 0 Å². The second kappa shape index (κ2) is 15.8. The Morgan fingerprint density at radius 2 is 1.41 bits per heavy atom. The first-order valence-electron chi connectivity index (χ1n) is 8.11. The molecule has 0 aromatic heterocycles. The molecule has 130 valence electrons. The average Bonchev–Trinajstić information content (AvgIpc) is 2.54. The first-order chi connectivity index (χ1) is 10.6. The summed E-state index contributed by atoms with van der Waals surface area (Å²) in [6, 6.07) is 0. The molecule has 0 bridgehead atoms. The zero-order chi connectivity index (χ0) is 16.6. The van der Waals surface area contributed by atoms with Gasteiger partial charge in [-0.3, -0.25) is 9.59 Å². The Balaban J connectivity index is 3.35. The van der Waals surface area contributed by atoms with Gasteiger partial charge in [0.15, 0.2) is 0 Å². The molecule has 1 atom stereocenters. The SMILES string of the molecule is CCC(CCCCCCCCCOC(=O)CBr)OC(=O)CBr. The molecule has 0 aliphatic carbocycles. The molecule has 0 aromatic rings. The lowest BCUT2D eigenvalue weighted by Crippen LogP contribution is -2.18. The van der Waals surface area contributed by atoms with E-state index in [4.69, 9.17) is 9.47 Å². The lowest BCUT2D eigenvalue weighted by molar-refractivity contribution is -0.146. The predicted molar refractivity (Wildman–Crippen MR) is 95.7 cm³/mol. The Morgan fingerprint density at radius 1 is 0.864 bits per heavy atom. The molecule has 0 heterocycles. The summed E-state index contributed by atoms with van der Waals surface area (Å²) >= 11 is 6.17. The number of ether oxygens (including phenoxy) is 2. The van der Waals surface area contributed by atoms with Crippen molar-refractivity contribution in [1.29, 1.82) is 0 Å². The molecular formula is C16H28Br2O4. The van der Waals surface area contributed by atoms with E-state index in [-0.39, 0.29) is 28.7 Å². The predicted octanol–water partition coefficient (Wildman–Crippen LogP) is 4.76. The fraction of sp³-hybridized carbons (Fsp3) is 0.875. The highest BCUT2D eigenvalue weighted by Crippen LogP contribution is 2.13. The van der Waals surface area contributed by atoms with Crippen LogP contribution in [0.2, 0.25) is 0 Å². The lowest BCUT2D eigenvalue weighted by atomic mass is 10.1. The second-order valence-corrected chi connectivity index (χ2v) is 6.39. The molecule has 1 unspecified atom stereocenters. The number of esters is 2. The summed E-state index contributed by atoms with van der Waals surface area (Å²) in [5.74, 6) is -0.362. The summed E-state index contributed by atoms with van der Waals surface area (Å²) in [7, 11) is 0. The number of unbranched alkanes of at least 4 members (excludes halogenated alkanes) is 6. The van der Waals surface area contributed by atoms with E-state index in [1.54, 1.807) is 0 Å². The van der Waals surface area contributed by atoms with E-state index >= 15 is 0 Å². The minimum atomic E-state index is -0.189. The molecule has 0 radical (unpaired) electrons. The van der Waals surface area contributed by atoms with Gasteiger partial charge >= 0.3 is 11.9 Å². The Kier molecular flexibility index (Phi) is 15.7.